The van der Waals surface area contributed by atoms with Crippen LogP contribution in [0.25, 0.3) is 0 Å². The Labute approximate surface area is 116 Å². The highest BCUT2D eigenvalue weighted by Crippen LogP contribution is 2.16. The number of piperazine rings is 1. The maximum absolute atomic E-state index is 4.14. The fraction of sp³-hybridized carbons (Fsp3) is 0.667. The SMILES string of the molecule is CC(C)(CNCc1cccnc1)CN1CCNCC1. The molecule has 2 heterocycles. The molecule has 1 aliphatic rings. The van der Waals surface area contributed by atoms with Gasteiger partial charge in [0.2, 0.25) is 0 Å². The van der Waals surface area contributed by atoms with Gasteiger partial charge in [0.1, 0.15) is 0 Å². The molecule has 0 spiro atoms. The van der Waals surface area contributed by atoms with E-state index in [0.717, 1.165) is 32.7 Å². The summed E-state index contributed by atoms with van der Waals surface area (Å²) >= 11 is 0. The fourth-order valence-electron chi connectivity index (χ4n) is 2.58. The van der Waals surface area contributed by atoms with E-state index in [1.807, 2.05) is 18.5 Å². The molecular weight excluding hydrogens is 236 g/mol. The highest BCUT2D eigenvalue weighted by atomic mass is 15.2. The largest absolute Gasteiger partial charge is 0.314 e. The van der Waals surface area contributed by atoms with Crippen molar-refractivity contribution in [2.75, 3.05) is 39.3 Å². The topological polar surface area (TPSA) is 40.2 Å². The van der Waals surface area contributed by atoms with Crippen molar-refractivity contribution < 1.29 is 0 Å². The van der Waals surface area contributed by atoms with Crippen molar-refractivity contribution in [3.05, 3.63) is 30.1 Å². The Kier molecular flexibility index (Phi) is 5.31. The van der Waals surface area contributed by atoms with E-state index in [1.54, 1.807) is 0 Å². The van der Waals surface area contributed by atoms with Crippen LogP contribution in [0.3, 0.4) is 0 Å². The molecule has 0 amide bonds. The van der Waals surface area contributed by atoms with Gasteiger partial charge >= 0.3 is 0 Å². The average molecular weight is 262 g/mol. The Hall–Kier alpha value is -0.970. The zero-order valence-electron chi connectivity index (χ0n) is 12.2. The lowest BCUT2D eigenvalue weighted by Crippen LogP contribution is -2.48. The fourth-order valence-corrected chi connectivity index (χ4v) is 2.58. The number of pyridine rings is 1. The molecule has 4 nitrogen and oxygen atoms in total. The van der Waals surface area contributed by atoms with Crippen LogP contribution in [0.2, 0.25) is 0 Å². The van der Waals surface area contributed by atoms with Crippen LogP contribution >= 0.6 is 0 Å². The maximum atomic E-state index is 4.14. The quantitative estimate of drug-likeness (QED) is 0.805. The number of aromatic nitrogens is 1. The molecule has 1 aromatic heterocycles. The van der Waals surface area contributed by atoms with Crippen LogP contribution < -0.4 is 10.6 Å². The Balaban J connectivity index is 1.71. The highest BCUT2D eigenvalue weighted by Gasteiger charge is 2.22. The van der Waals surface area contributed by atoms with Gasteiger partial charge in [-0.2, -0.15) is 0 Å². The second kappa shape index (κ2) is 6.98. The minimum absolute atomic E-state index is 0.305. The van der Waals surface area contributed by atoms with E-state index in [4.69, 9.17) is 0 Å². The first kappa shape index (κ1) is 14.4. The molecule has 2 N–H and O–H groups in total. The van der Waals surface area contributed by atoms with Crippen molar-refractivity contribution in [2.24, 2.45) is 5.41 Å². The van der Waals surface area contributed by atoms with Gasteiger partial charge in [0.25, 0.3) is 0 Å². The van der Waals surface area contributed by atoms with E-state index in [2.05, 4.69) is 40.4 Å². The van der Waals surface area contributed by atoms with E-state index in [9.17, 15) is 0 Å². The van der Waals surface area contributed by atoms with Gasteiger partial charge in [-0.3, -0.25) is 4.98 Å². The molecule has 19 heavy (non-hydrogen) atoms. The van der Waals surface area contributed by atoms with Gasteiger partial charge in [-0.05, 0) is 17.0 Å². The van der Waals surface area contributed by atoms with E-state index in [0.29, 0.717) is 5.41 Å². The summed E-state index contributed by atoms with van der Waals surface area (Å²) in [6.45, 7) is 12.4. The molecule has 0 unspecified atom stereocenters. The third-order valence-electron chi connectivity index (χ3n) is 3.52. The Morgan fingerprint density at radius 2 is 2.16 bits per heavy atom. The van der Waals surface area contributed by atoms with E-state index < -0.39 is 0 Å². The maximum Gasteiger partial charge on any atom is 0.0312 e. The van der Waals surface area contributed by atoms with Crippen LogP contribution in [0, 0.1) is 5.41 Å². The zero-order chi connectivity index (χ0) is 13.6. The summed E-state index contributed by atoms with van der Waals surface area (Å²) in [6.07, 6.45) is 3.74. The second-order valence-corrected chi connectivity index (χ2v) is 6.16. The van der Waals surface area contributed by atoms with E-state index >= 15 is 0 Å². The standard InChI is InChI=1S/C15H26N4/c1-15(2,13-19-8-6-16-7-9-19)12-18-11-14-4-3-5-17-10-14/h3-5,10,16,18H,6-9,11-13H2,1-2H3. The van der Waals surface area contributed by atoms with Crippen molar-refractivity contribution in [3.8, 4) is 0 Å². The lowest BCUT2D eigenvalue weighted by atomic mass is 9.92. The van der Waals surface area contributed by atoms with Gasteiger partial charge in [-0.1, -0.05) is 19.9 Å². The van der Waals surface area contributed by atoms with E-state index in [-0.39, 0.29) is 0 Å². The summed E-state index contributed by atoms with van der Waals surface area (Å²) in [5, 5.41) is 6.95. The summed E-state index contributed by atoms with van der Waals surface area (Å²) in [6, 6.07) is 4.10. The number of nitrogens with one attached hydrogen (secondary N) is 2. The second-order valence-electron chi connectivity index (χ2n) is 6.16. The third-order valence-corrected chi connectivity index (χ3v) is 3.52. The monoisotopic (exact) mass is 262 g/mol. The van der Waals surface area contributed by atoms with Crippen LogP contribution in [-0.4, -0.2) is 49.2 Å². The summed E-state index contributed by atoms with van der Waals surface area (Å²) in [5.41, 5.74) is 1.56. The molecule has 4 heteroatoms. The van der Waals surface area contributed by atoms with Crippen molar-refractivity contribution in [3.63, 3.8) is 0 Å². The zero-order valence-corrected chi connectivity index (χ0v) is 12.2. The molecule has 0 radical (unpaired) electrons. The van der Waals surface area contributed by atoms with Gasteiger partial charge in [0, 0.05) is 58.2 Å². The van der Waals surface area contributed by atoms with Crippen molar-refractivity contribution >= 4 is 0 Å². The molecule has 1 aliphatic heterocycles. The van der Waals surface area contributed by atoms with Gasteiger partial charge < -0.3 is 15.5 Å². The van der Waals surface area contributed by atoms with Gasteiger partial charge in [-0.25, -0.2) is 0 Å². The number of rotatable bonds is 6. The molecule has 1 saturated heterocycles. The van der Waals surface area contributed by atoms with Crippen LogP contribution in [0.5, 0.6) is 0 Å². The lowest BCUT2D eigenvalue weighted by molar-refractivity contribution is 0.158. The number of nitrogens with zero attached hydrogens (tertiary/aromatic N) is 2. The first-order valence-corrected chi connectivity index (χ1v) is 7.18. The molecule has 106 valence electrons. The van der Waals surface area contributed by atoms with Crippen LogP contribution in [0.15, 0.2) is 24.5 Å². The molecule has 0 atom stereocenters. The third kappa shape index (κ3) is 5.27. The molecule has 0 aliphatic carbocycles. The minimum Gasteiger partial charge on any atom is -0.314 e. The number of hydrogen-bond donors (Lipinski definition) is 2. The van der Waals surface area contributed by atoms with Crippen molar-refractivity contribution in [1.82, 2.24) is 20.5 Å². The van der Waals surface area contributed by atoms with E-state index in [1.165, 1.54) is 18.7 Å². The van der Waals surface area contributed by atoms with Gasteiger partial charge in [0.05, 0.1) is 0 Å². The lowest BCUT2D eigenvalue weighted by Gasteiger charge is -2.35. The highest BCUT2D eigenvalue weighted by molar-refractivity contribution is 5.07. The Morgan fingerprint density at radius 1 is 1.37 bits per heavy atom. The smallest absolute Gasteiger partial charge is 0.0312 e. The van der Waals surface area contributed by atoms with Gasteiger partial charge in [0.15, 0.2) is 0 Å². The molecule has 0 saturated carbocycles. The molecule has 0 bridgehead atoms. The molecule has 2 rings (SSSR count). The minimum atomic E-state index is 0.305. The van der Waals surface area contributed by atoms with Crippen molar-refractivity contribution in [1.29, 1.82) is 0 Å². The average Bonchev–Trinajstić information content (AvgIpc) is 2.40. The Morgan fingerprint density at radius 3 is 2.84 bits per heavy atom. The normalized spacial score (nSPS) is 17.6. The Bertz CT molecular complexity index is 358. The van der Waals surface area contributed by atoms with Gasteiger partial charge in [-0.15, -0.1) is 0 Å². The summed E-state index contributed by atoms with van der Waals surface area (Å²) in [4.78, 5) is 6.70. The summed E-state index contributed by atoms with van der Waals surface area (Å²) < 4.78 is 0. The molecule has 0 aromatic carbocycles. The molecule has 1 aromatic rings. The molecular formula is C15H26N4. The summed E-state index contributed by atoms with van der Waals surface area (Å²) in [5.74, 6) is 0. The predicted octanol–water partition coefficient (Wildman–Crippen LogP) is 1.10. The predicted molar refractivity (Wildman–Crippen MR) is 79.0 cm³/mol. The van der Waals surface area contributed by atoms with Crippen molar-refractivity contribution in [2.45, 2.75) is 20.4 Å². The first-order valence-electron chi connectivity index (χ1n) is 7.18. The summed E-state index contributed by atoms with van der Waals surface area (Å²) in [7, 11) is 0. The molecule has 1 fully saturated rings. The number of hydrogen-bond acceptors (Lipinski definition) is 4. The van der Waals surface area contributed by atoms with Crippen LogP contribution in [0.1, 0.15) is 19.4 Å². The van der Waals surface area contributed by atoms with Crippen LogP contribution in [0.4, 0.5) is 0 Å². The van der Waals surface area contributed by atoms with Crippen LogP contribution in [-0.2, 0) is 6.54 Å². The first-order chi connectivity index (χ1) is 9.16.